The summed E-state index contributed by atoms with van der Waals surface area (Å²) < 4.78 is 5.64. The molecule has 14 heavy (non-hydrogen) atoms. The van der Waals surface area contributed by atoms with E-state index in [2.05, 4.69) is 0 Å². The molecular weight excluding hydrogens is 176 g/mol. The topological polar surface area (TPSA) is 26.3 Å². The maximum atomic E-state index is 11.7. The fourth-order valence-electron chi connectivity index (χ4n) is 2.00. The van der Waals surface area contributed by atoms with Crippen LogP contribution >= 0.6 is 0 Å². The summed E-state index contributed by atoms with van der Waals surface area (Å²) in [7, 11) is 0. The summed E-state index contributed by atoms with van der Waals surface area (Å²) in [6.07, 6.45) is 0.507. The first kappa shape index (κ1) is 9.25. The van der Waals surface area contributed by atoms with Gasteiger partial charge in [0.1, 0.15) is 11.9 Å². The van der Waals surface area contributed by atoms with Crippen molar-refractivity contribution in [2.45, 2.75) is 33.3 Å². The lowest BCUT2D eigenvalue weighted by atomic mass is 9.95. The molecule has 0 amide bonds. The van der Waals surface area contributed by atoms with Crippen LogP contribution in [0.1, 0.15) is 34.8 Å². The Morgan fingerprint density at radius 2 is 2.07 bits per heavy atom. The smallest absolute Gasteiger partial charge is 0.170 e. The van der Waals surface area contributed by atoms with Gasteiger partial charge in [-0.05, 0) is 38.0 Å². The van der Waals surface area contributed by atoms with Crippen LogP contribution in [-0.2, 0) is 0 Å². The Morgan fingerprint density at radius 1 is 1.36 bits per heavy atom. The summed E-state index contributed by atoms with van der Waals surface area (Å²) in [5, 5.41) is 0. The van der Waals surface area contributed by atoms with Gasteiger partial charge in [-0.1, -0.05) is 6.07 Å². The molecule has 1 aromatic carbocycles. The summed E-state index contributed by atoms with van der Waals surface area (Å²) in [6.45, 7) is 5.90. The molecule has 2 rings (SSSR count). The fraction of sp³-hybridized carbons (Fsp3) is 0.417. The van der Waals surface area contributed by atoms with Gasteiger partial charge in [0.15, 0.2) is 5.78 Å². The van der Waals surface area contributed by atoms with Gasteiger partial charge in [-0.15, -0.1) is 0 Å². The van der Waals surface area contributed by atoms with Crippen molar-refractivity contribution in [3.8, 4) is 5.75 Å². The molecule has 74 valence electrons. The lowest BCUT2D eigenvalue weighted by molar-refractivity contribution is 0.0870. The quantitative estimate of drug-likeness (QED) is 0.628. The third-order valence-electron chi connectivity index (χ3n) is 2.52. The van der Waals surface area contributed by atoms with E-state index < -0.39 is 0 Å². The Kier molecular flexibility index (Phi) is 2.06. The van der Waals surface area contributed by atoms with Crippen molar-refractivity contribution in [1.82, 2.24) is 0 Å². The zero-order valence-corrected chi connectivity index (χ0v) is 8.76. The van der Waals surface area contributed by atoms with Crippen LogP contribution in [0.15, 0.2) is 12.1 Å². The molecule has 2 heteroatoms. The Balaban J connectivity index is 2.59. The number of hydrogen-bond donors (Lipinski definition) is 0. The first-order valence-electron chi connectivity index (χ1n) is 4.89. The number of rotatable bonds is 0. The minimum atomic E-state index is 0.0104. The molecule has 2 nitrogen and oxygen atoms in total. The molecule has 1 atom stereocenters. The van der Waals surface area contributed by atoms with Crippen LogP contribution < -0.4 is 4.74 Å². The average Bonchev–Trinajstić information content (AvgIpc) is 1.99. The molecule has 0 unspecified atom stereocenters. The highest BCUT2D eigenvalue weighted by Crippen LogP contribution is 2.31. The van der Waals surface area contributed by atoms with Crippen LogP contribution in [0.5, 0.6) is 5.75 Å². The van der Waals surface area contributed by atoms with Crippen LogP contribution in [0.25, 0.3) is 0 Å². The molecular formula is C12H14O2. The van der Waals surface area contributed by atoms with Crippen LogP contribution in [0.4, 0.5) is 0 Å². The largest absolute Gasteiger partial charge is 0.489 e. The van der Waals surface area contributed by atoms with E-state index in [0.29, 0.717) is 6.42 Å². The summed E-state index contributed by atoms with van der Waals surface area (Å²) >= 11 is 0. The minimum absolute atomic E-state index is 0.0104. The van der Waals surface area contributed by atoms with Crippen molar-refractivity contribution < 1.29 is 9.53 Å². The lowest BCUT2D eigenvalue weighted by Crippen LogP contribution is -2.24. The summed E-state index contributed by atoms with van der Waals surface area (Å²) in [6, 6.07) is 3.96. The molecule has 0 N–H and O–H groups in total. The molecule has 0 saturated carbocycles. The first-order valence-corrected chi connectivity index (χ1v) is 4.89. The van der Waals surface area contributed by atoms with Gasteiger partial charge in [0.25, 0.3) is 0 Å². The fourth-order valence-corrected chi connectivity index (χ4v) is 2.00. The molecule has 0 bridgehead atoms. The van der Waals surface area contributed by atoms with Crippen molar-refractivity contribution in [3.05, 3.63) is 28.8 Å². The zero-order chi connectivity index (χ0) is 10.3. The average molecular weight is 190 g/mol. The molecule has 0 saturated heterocycles. The van der Waals surface area contributed by atoms with Crippen molar-refractivity contribution in [3.63, 3.8) is 0 Å². The molecule has 0 aromatic heterocycles. The molecule has 1 aromatic rings. The highest BCUT2D eigenvalue weighted by molar-refractivity contribution is 6.01. The van der Waals surface area contributed by atoms with E-state index in [1.807, 2.05) is 32.9 Å². The minimum Gasteiger partial charge on any atom is -0.489 e. The van der Waals surface area contributed by atoms with Crippen molar-refractivity contribution in [2.24, 2.45) is 0 Å². The normalized spacial score (nSPS) is 20.2. The number of benzene rings is 1. The Morgan fingerprint density at radius 3 is 2.79 bits per heavy atom. The van der Waals surface area contributed by atoms with E-state index in [0.717, 1.165) is 22.4 Å². The molecule has 1 aliphatic rings. The summed E-state index contributed by atoms with van der Waals surface area (Å²) in [4.78, 5) is 11.7. The predicted molar refractivity (Wildman–Crippen MR) is 55.0 cm³/mol. The van der Waals surface area contributed by atoms with Gasteiger partial charge in [-0.25, -0.2) is 0 Å². The molecule has 1 aliphatic heterocycles. The SMILES string of the molecule is Cc1cc(C)c2c(c1)O[C@H](C)CC2=O. The third kappa shape index (κ3) is 1.41. The number of hydrogen-bond acceptors (Lipinski definition) is 2. The zero-order valence-electron chi connectivity index (χ0n) is 8.76. The number of carbonyl (C=O) groups excluding carboxylic acids is 1. The number of ketones is 1. The van der Waals surface area contributed by atoms with Crippen molar-refractivity contribution >= 4 is 5.78 Å². The lowest BCUT2D eigenvalue weighted by Gasteiger charge is -2.24. The standard InChI is InChI=1S/C12H14O2/c1-7-4-8(2)12-10(13)6-9(3)14-11(12)5-7/h4-5,9H,6H2,1-3H3/t9-/m1/s1. The van der Waals surface area contributed by atoms with Crippen molar-refractivity contribution in [1.29, 1.82) is 0 Å². The number of ether oxygens (including phenoxy) is 1. The van der Waals surface area contributed by atoms with Gasteiger partial charge < -0.3 is 4.74 Å². The van der Waals surface area contributed by atoms with Crippen LogP contribution in [0, 0.1) is 13.8 Å². The maximum Gasteiger partial charge on any atom is 0.170 e. The van der Waals surface area contributed by atoms with Gasteiger partial charge in [0.05, 0.1) is 5.56 Å². The van der Waals surface area contributed by atoms with Crippen LogP contribution in [0.2, 0.25) is 0 Å². The summed E-state index contributed by atoms with van der Waals surface area (Å²) in [5.41, 5.74) is 2.94. The number of fused-ring (bicyclic) bond motifs is 1. The van der Waals surface area contributed by atoms with Gasteiger partial charge in [-0.2, -0.15) is 0 Å². The van der Waals surface area contributed by atoms with Crippen LogP contribution in [-0.4, -0.2) is 11.9 Å². The highest BCUT2D eigenvalue weighted by atomic mass is 16.5. The van der Waals surface area contributed by atoms with E-state index in [1.165, 1.54) is 0 Å². The predicted octanol–water partition coefficient (Wildman–Crippen LogP) is 2.66. The van der Waals surface area contributed by atoms with Gasteiger partial charge in [0, 0.05) is 6.42 Å². The van der Waals surface area contributed by atoms with E-state index >= 15 is 0 Å². The van der Waals surface area contributed by atoms with Gasteiger partial charge in [0.2, 0.25) is 0 Å². The van der Waals surface area contributed by atoms with E-state index in [9.17, 15) is 4.79 Å². The number of carbonyl (C=O) groups is 1. The van der Waals surface area contributed by atoms with Crippen LogP contribution in [0.3, 0.4) is 0 Å². The monoisotopic (exact) mass is 190 g/mol. The number of aryl methyl sites for hydroxylation is 2. The van der Waals surface area contributed by atoms with Gasteiger partial charge in [-0.3, -0.25) is 4.79 Å². The van der Waals surface area contributed by atoms with Crippen molar-refractivity contribution in [2.75, 3.05) is 0 Å². The second-order valence-corrected chi connectivity index (χ2v) is 4.01. The molecule has 1 heterocycles. The Hall–Kier alpha value is -1.31. The maximum absolute atomic E-state index is 11.7. The highest BCUT2D eigenvalue weighted by Gasteiger charge is 2.25. The molecule has 0 spiro atoms. The summed E-state index contributed by atoms with van der Waals surface area (Å²) in [5.74, 6) is 0.961. The Labute approximate surface area is 83.9 Å². The van der Waals surface area contributed by atoms with E-state index in [1.54, 1.807) is 0 Å². The molecule has 0 radical (unpaired) electrons. The first-order chi connectivity index (χ1) is 6.58. The second-order valence-electron chi connectivity index (χ2n) is 4.01. The number of Topliss-reactive ketones (excluding diaryl/α,β-unsaturated/α-hetero) is 1. The third-order valence-corrected chi connectivity index (χ3v) is 2.52. The van der Waals surface area contributed by atoms with E-state index in [-0.39, 0.29) is 11.9 Å². The Bertz CT molecular complexity index is 394. The second kappa shape index (κ2) is 3.12. The molecule has 0 fully saturated rings. The molecule has 0 aliphatic carbocycles. The van der Waals surface area contributed by atoms with E-state index in [4.69, 9.17) is 4.74 Å². The van der Waals surface area contributed by atoms with Gasteiger partial charge >= 0.3 is 0 Å².